The van der Waals surface area contributed by atoms with Crippen LogP contribution in [-0.4, -0.2) is 40.7 Å². The second-order valence-corrected chi connectivity index (χ2v) is 16.0. The molecule has 0 saturated carbocycles. The number of unbranched alkanes of at least 4 members (excludes halogenated alkanes) is 2. The summed E-state index contributed by atoms with van der Waals surface area (Å²) in [6.45, 7) is 4.58. The zero-order valence-corrected chi connectivity index (χ0v) is 27.5. The van der Waals surface area contributed by atoms with Crippen LogP contribution in [0.3, 0.4) is 0 Å². The molecule has 0 atom stereocenters. The van der Waals surface area contributed by atoms with Crippen molar-refractivity contribution < 1.29 is 0 Å². The molecule has 0 radical (unpaired) electrons. The maximum atomic E-state index is 5.11. The van der Waals surface area contributed by atoms with Crippen molar-refractivity contribution in [2.45, 2.75) is 57.1 Å². The predicted molar refractivity (Wildman–Crippen MR) is 161 cm³/mol. The van der Waals surface area contributed by atoms with Gasteiger partial charge >= 0.3 is 69.5 Å². The van der Waals surface area contributed by atoms with Crippen molar-refractivity contribution in [1.82, 2.24) is 19.6 Å². The van der Waals surface area contributed by atoms with E-state index in [-0.39, 0.29) is 21.1 Å². The van der Waals surface area contributed by atoms with E-state index in [9.17, 15) is 0 Å². The smallest absolute Gasteiger partial charge is 0.0904 e. The van der Waals surface area contributed by atoms with Crippen molar-refractivity contribution in [2.75, 3.05) is 0 Å². The van der Waals surface area contributed by atoms with Crippen LogP contribution in [-0.2, 0) is 25.3 Å². The van der Waals surface area contributed by atoms with E-state index in [0.717, 1.165) is 11.4 Å². The van der Waals surface area contributed by atoms with Gasteiger partial charge < -0.3 is 47.9 Å². The summed E-state index contributed by atoms with van der Waals surface area (Å²) in [4.78, 5) is 0. The first-order valence-corrected chi connectivity index (χ1v) is 18.6. The number of aromatic nitrogens is 4. The van der Waals surface area contributed by atoms with E-state index in [2.05, 4.69) is 24.0 Å². The Kier molecular flexibility index (Phi) is 15.4. The van der Waals surface area contributed by atoms with Crippen LogP contribution in [0.25, 0.3) is 11.4 Å². The van der Waals surface area contributed by atoms with Crippen LogP contribution in [0, 0.1) is 7.91 Å². The normalized spacial score (nSPS) is 9.89. The van der Waals surface area contributed by atoms with Crippen LogP contribution in [0.5, 0.6) is 0 Å². The Hall–Kier alpha value is -0.761. The molecule has 0 unspecified atom stereocenters. The molecule has 2 heterocycles. The number of benzene rings is 2. The van der Waals surface area contributed by atoms with E-state index in [1.54, 1.807) is 18.2 Å². The van der Waals surface area contributed by atoms with Gasteiger partial charge in [0.2, 0.25) is 0 Å². The molecule has 0 N–H and O–H groups in total. The Balaban J connectivity index is 0.000000190. The second kappa shape index (κ2) is 17.7. The third kappa shape index (κ3) is 11.4. The summed E-state index contributed by atoms with van der Waals surface area (Å²) >= 11 is 22.9. The van der Waals surface area contributed by atoms with Gasteiger partial charge in [0.05, 0.1) is 19.3 Å². The zero-order valence-electron chi connectivity index (χ0n) is 19.8. The summed E-state index contributed by atoms with van der Waals surface area (Å²) in [5, 5.41) is 8.25. The summed E-state index contributed by atoms with van der Waals surface area (Å²) in [6, 6.07) is 19.5. The van der Waals surface area contributed by atoms with E-state index in [1.165, 1.54) is 48.4 Å². The molecule has 11 heteroatoms. The minimum absolute atomic E-state index is 0.149. The molecule has 0 aliphatic heterocycles. The fourth-order valence-corrected chi connectivity index (χ4v) is 9.60. The Morgan fingerprint density at radius 3 is 1.37 bits per heavy atom. The van der Waals surface area contributed by atoms with Gasteiger partial charge in [-0.05, 0) is 32.9 Å². The largest absolute Gasteiger partial charge is 0.406 e. The Labute approximate surface area is 247 Å². The first kappa shape index (κ1) is 30.5. The Morgan fingerprint density at radius 1 is 0.714 bits per heavy atom. The molecular formula is C24H28N4S6Sn. The molecule has 184 valence electrons. The first-order chi connectivity index (χ1) is 17.0. The number of hydrogen-bond acceptors (Lipinski definition) is 8. The quantitative estimate of drug-likeness (QED) is 0.0806. The Morgan fingerprint density at radius 2 is 1.09 bits per heavy atom. The van der Waals surface area contributed by atoms with Gasteiger partial charge in [0.1, 0.15) is 0 Å². The molecule has 0 saturated heterocycles. The predicted octanol–water partition coefficient (Wildman–Crippen LogP) is 8.27. The summed E-state index contributed by atoms with van der Waals surface area (Å²) in [6.07, 6.45) is 5.84. The van der Waals surface area contributed by atoms with Crippen LogP contribution >= 0.6 is 47.1 Å². The molecule has 4 rings (SSSR count). The van der Waals surface area contributed by atoms with Gasteiger partial charge in [-0.1, -0.05) is 60.8 Å². The fraction of sp³-hybridized carbons (Fsp3) is 0.333. The molecule has 35 heavy (non-hydrogen) atoms. The topological polar surface area (TPSA) is 35.6 Å². The maximum Gasteiger partial charge on any atom is 0.0904 e. The first-order valence-electron chi connectivity index (χ1n) is 11.3. The minimum atomic E-state index is 0.149. The van der Waals surface area contributed by atoms with Crippen molar-refractivity contribution >= 4 is 93.5 Å². The summed E-state index contributed by atoms with van der Waals surface area (Å²) in [5.74, 6) is 0. The molecule has 0 aliphatic rings. The molecule has 0 fully saturated rings. The van der Waals surface area contributed by atoms with E-state index in [1.807, 2.05) is 60.7 Å². The van der Waals surface area contributed by atoms with Gasteiger partial charge in [0.25, 0.3) is 0 Å². The molecule has 4 nitrogen and oxygen atoms in total. The average Bonchev–Trinajstić information content (AvgIpc) is 3.40. The zero-order chi connectivity index (χ0) is 25.5. The van der Waals surface area contributed by atoms with E-state index in [4.69, 9.17) is 49.7 Å². The van der Waals surface area contributed by atoms with Crippen LogP contribution in [0.1, 0.15) is 39.5 Å². The number of nitrogens with zero attached hydrogens (tertiary/aromatic N) is 4. The monoisotopic (exact) mass is 684 g/mol. The van der Waals surface area contributed by atoms with Gasteiger partial charge in [-0.3, -0.25) is 0 Å². The van der Waals surface area contributed by atoms with Gasteiger partial charge in [0.15, 0.2) is 0 Å². The summed E-state index contributed by atoms with van der Waals surface area (Å²) in [7, 11) is 0. The molecule has 2 aromatic carbocycles. The van der Waals surface area contributed by atoms with Gasteiger partial charge in [0, 0.05) is 0 Å². The van der Waals surface area contributed by atoms with Crippen molar-refractivity contribution in [3.05, 3.63) is 68.6 Å². The summed E-state index contributed by atoms with van der Waals surface area (Å²) < 4.78 is 9.15. The standard InChI is InChI=1S/2C8H6N2S3.2C4H9.Sn/c2*11-7-9-10(8(12)13-7)6-4-2-1-3-5-6;2*1-3-4-2;/h2*1-5H,(H,9,11);2*1,3-4H2,2H3;/q;;;;+2/p-2. The molecule has 0 aliphatic carbocycles. The van der Waals surface area contributed by atoms with Crippen molar-refractivity contribution in [2.24, 2.45) is 0 Å². The third-order valence-electron chi connectivity index (χ3n) is 4.47. The molecule has 4 aromatic rings. The van der Waals surface area contributed by atoms with E-state index in [0.29, 0.717) is 16.6 Å². The average molecular weight is 684 g/mol. The Bertz CT molecular complexity index is 1120. The SMILES string of the molecule is CCC[CH2][Sn+2][CH2]CCC.S=c1sc([S-])nn1-c1ccccc1.S=c1sc([S-])nn1-c1ccccc1. The number of rotatable bonds is 8. The van der Waals surface area contributed by atoms with Crippen LogP contribution in [0.2, 0.25) is 8.87 Å². The van der Waals surface area contributed by atoms with Crippen LogP contribution in [0.4, 0.5) is 0 Å². The summed E-state index contributed by atoms with van der Waals surface area (Å²) in [5.41, 5.74) is 1.92. The number of hydrogen-bond donors (Lipinski definition) is 0. The maximum absolute atomic E-state index is 5.11. The fourth-order valence-electron chi connectivity index (χ4n) is 2.71. The van der Waals surface area contributed by atoms with Gasteiger partial charge in [-0.25, -0.2) is 9.36 Å². The third-order valence-corrected chi connectivity index (χ3v) is 11.2. The number of para-hydroxylation sites is 2. The van der Waals surface area contributed by atoms with E-state index < -0.39 is 0 Å². The second-order valence-electron chi connectivity index (χ2n) is 7.22. The molecule has 0 spiro atoms. The molecular weight excluding hydrogens is 655 g/mol. The minimum Gasteiger partial charge on any atom is -0.406 e. The van der Waals surface area contributed by atoms with Crippen molar-refractivity contribution in [3.8, 4) is 11.4 Å². The van der Waals surface area contributed by atoms with Crippen molar-refractivity contribution in [1.29, 1.82) is 0 Å². The van der Waals surface area contributed by atoms with E-state index >= 15 is 0 Å². The van der Waals surface area contributed by atoms with Crippen molar-refractivity contribution in [3.63, 3.8) is 0 Å². The van der Waals surface area contributed by atoms with Crippen LogP contribution in [0.15, 0.2) is 69.3 Å². The van der Waals surface area contributed by atoms with Gasteiger partial charge in [-0.2, -0.15) is 10.2 Å². The molecule has 2 aromatic heterocycles. The molecule has 0 bridgehead atoms. The van der Waals surface area contributed by atoms with Gasteiger partial charge in [-0.15, -0.1) is 0 Å². The molecule has 0 amide bonds. The van der Waals surface area contributed by atoms with Crippen LogP contribution < -0.4 is 0 Å².